The van der Waals surface area contributed by atoms with Gasteiger partial charge in [0.1, 0.15) is 6.54 Å². The molecule has 1 aliphatic carbocycles. The zero-order chi connectivity index (χ0) is 12.7. The van der Waals surface area contributed by atoms with E-state index in [0.717, 1.165) is 25.8 Å². The van der Waals surface area contributed by atoms with E-state index in [4.69, 9.17) is 0 Å². The van der Waals surface area contributed by atoms with Gasteiger partial charge in [0.2, 0.25) is 5.91 Å². The summed E-state index contributed by atoms with van der Waals surface area (Å²) in [5.74, 6) is 0.724. The zero-order valence-corrected chi connectivity index (χ0v) is 11.0. The summed E-state index contributed by atoms with van der Waals surface area (Å²) in [4.78, 5) is 15.7. The van der Waals surface area contributed by atoms with Crippen LogP contribution in [0.5, 0.6) is 0 Å². The van der Waals surface area contributed by atoms with E-state index >= 15 is 0 Å². The van der Waals surface area contributed by atoms with E-state index in [2.05, 4.69) is 34.8 Å². The highest BCUT2D eigenvalue weighted by atomic mass is 16.2. The number of hydrogen-bond donors (Lipinski definition) is 3. The highest BCUT2D eigenvalue weighted by molar-refractivity contribution is 5.85. The third-order valence-electron chi connectivity index (χ3n) is 2.66. The molecule has 1 aliphatic rings. The largest absolute Gasteiger partial charge is 0.357 e. The van der Waals surface area contributed by atoms with Crippen molar-refractivity contribution in [3.05, 3.63) is 0 Å². The summed E-state index contributed by atoms with van der Waals surface area (Å²) in [5, 5.41) is 9.30. The predicted octanol–water partition coefficient (Wildman–Crippen LogP) is 0.619. The van der Waals surface area contributed by atoms with Gasteiger partial charge in [0.05, 0.1) is 0 Å². The molecule has 1 saturated carbocycles. The van der Waals surface area contributed by atoms with Crippen LogP contribution in [0.15, 0.2) is 4.99 Å². The second-order valence-electron chi connectivity index (χ2n) is 4.49. The molecule has 1 amide bonds. The number of carbonyl (C=O) groups excluding carboxylic acids is 1. The van der Waals surface area contributed by atoms with Crippen LogP contribution >= 0.6 is 0 Å². The number of hydrogen-bond acceptors (Lipinski definition) is 2. The summed E-state index contributed by atoms with van der Waals surface area (Å²) < 4.78 is 0. The van der Waals surface area contributed by atoms with Crippen molar-refractivity contribution in [1.29, 1.82) is 0 Å². The molecular formula is C12H24N4O. The number of carbonyl (C=O) groups is 1. The van der Waals surface area contributed by atoms with Gasteiger partial charge in [0.15, 0.2) is 5.96 Å². The Morgan fingerprint density at radius 2 is 2.12 bits per heavy atom. The summed E-state index contributed by atoms with van der Waals surface area (Å²) in [7, 11) is 0. The molecular weight excluding hydrogens is 216 g/mol. The Hall–Kier alpha value is -1.26. The normalized spacial score (nSPS) is 17.5. The van der Waals surface area contributed by atoms with Gasteiger partial charge >= 0.3 is 0 Å². The fourth-order valence-corrected chi connectivity index (χ4v) is 1.31. The first-order valence-electron chi connectivity index (χ1n) is 6.49. The molecule has 98 valence electrons. The highest BCUT2D eigenvalue weighted by Gasteiger charge is 2.22. The first-order valence-corrected chi connectivity index (χ1v) is 6.49. The number of amides is 1. The van der Waals surface area contributed by atoms with Gasteiger partial charge in [-0.05, 0) is 33.1 Å². The van der Waals surface area contributed by atoms with Crippen LogP contribution in [0.2, 0.25) is 0 Å². The lowest BCUT2D eigenvalue weighted by Gasteiger charge is -2.16. The average Bonchev–Trinajstić information content (AvgIpc) is 3.10. The molecule has 5 nitrogen and oxygen atoms in total. The number of guanidine groups is 1. The van der Waals surface area contributed by atoms with Crippen LogP contribution in [0.4, 0.5) is 0 Å². The minimum Gasteiger partial charge on any atom is -0.357 e. The first-order chi connectivity index (χ1) is 8.15. The molecule has 0 aromatic heterocycles. The molecule has 0 aromatic carbocycles. The van der Waals surface area contributed by atoms with E-state index in [-0.39, 0.29) is 12.5 Å². The van der Waals surface area contributed by atoms with Gasteiger partial charge in [0.25, 0.3) is 0 Å². The van der Waals surface area contributed by atoms with Crippen molar-refractivity contribution in [2.24, 2.45) is 4.99 Å². The number of aliphatic imine (C=N–C) groups is 1. The van der Waals surface area contributed by atoms with Crippen molar-refractivity contribution in [1.82, 2.24) is 16.0 Å². The van der Waals surface area contributed by atoms with Crippen molar-refractivity contribution in [2.75, 3.05) is 13.1 Å². The molecule has 17 heavy (non-hydrogen) atoms. The molecule has 0 spiro atoms. The summed E-state index contributed by atoms with van der Waals surface area (Å²) in [6.07, 6.45) is 3.25. The predicted molar refractivity (Wildman–Crippen MR) is 70.0 cm³/mol. The fraction of sp³-hybridized carbons (Fsp3) is 0.833. The van der Waals surface area contributed by atoms with Gasteiger partial charge in [-0.15, -0.1) is 0 Å². The third-order valence-corrected chi connectivity index (χ3v) is 2.66. The monoisotopic (exact) mass is 240 g/mol. The maximum atomic E-state index is 11.5. The second-order valence-corrected chi connectivity index (χ2v) is 4.49. The van der Waals surface area contributed by atoms with Gasteiger partial charge in [-0.2, -0.15) is 0 Å². The second kappa shape index (κ2) is 7.14. The zero-order valence-electron chi connectivity index (χ0n) is 11.0. The van der Waals surface area contributed by atoms with E-state index in [1.165, 1.54) is 0 Å². The molecule has 0 aromatic rings. The van der Waals surface area contributed by atoms with E-state index in [1.54, 1.807) is 0 Å². The molecule has 0 heterocycles. The number of rotatable bonds is 6. The lowest BCUT2D eigenvalue weighted by molar-refractivity contribution is -0.119. The van der Waals surface area contributed by atoms with Crippen LogP contribution in [0.1, 0.15) is 40.0 Å². The Morgan fingerprint density at radius 3 is 2.65 bits per heavy atom. The molecule has 1 unspecified atom stereocenters. The quantitative estimate of drug-likeness (QED) is 0.471. The molecule has 3 N–H and O–H groups in total. The van der Waals surface area contributed by atoms with Gasteiger partial charge in [-0.1, -0.05) is 6.92 Å². The van der Waals surface area contributed by atoms with E-state index in [9.17, 15) is 4.79 Å². The molecule has 5 heteroatoms. The van der Waals surface area contributed by atoms with E-state index < -0.39 is 0 Å². The van der Waals surface area contributed by atoms with Gasteiger partial charge in [-0.25, -0.2) is 4.99 Å². The molecule has 0 bridgehead atoms. The Kier molecular flexibility index (Phi) is 5.80. The summed E-state index contributed by atoms with van der Waals surface area (Å²) in [5.41, 5.74) is 0. The van der Waals surface area contributed by atoms with Gasteiger partial charge < -0.3 is 16.0 Å². The summed E-state index contributed by atoms with van der Waals surface area (Å²) >= 11 is 0. The van der Waals surface area contributed by atoms with Crippen molar-refractivity contribution < 1.29 is 4.79 Å². The Morgan fingerprint density at radius 1 is 1.41 bits per heavy atom. The Labute approximate surface area is 103 Å². The fourth-order valence-electron chi connectivity index (χ4n) is 1.31. The maximum Gasteiger partial charge on any atom is 0.242 e. The third kappa shape index (κ3) is 6.14. The van der Waals surface area contributed by atoms with Gasteiger partial charge in [0, 0.05) is 18.6 Å². The maximum absolute atomic E-state index is 11.5. The van der Waals surface area contributed by atoms with Crippen LogP contribution in [0.25, 0.3) is 0 Å². The smallest absolute Gasteiger partial charge is 0.242 e. The SMILES string of the molecule is CCNC(=NCC(=O)NC1CC1)NC(C)CC. The van der Waals surface area contributed by atoms with Crippen LogP contribution in [-0.4, -0.2) is 37.0 Å². The standard InChI is InChI=1S/C12H24N4O/c1-4-9(3)15-12(13-5-2)14-8-11(17)16-10-6-7-10/h9-10H,4-8H2,1-3H3,(H,16,17)(H2,13,14,15). The topological polar surface area (TPSA) is 65.5 Å². The van der Waals surface area contributed by atoms with Crippen molar-refractivity contribution >= 4 is 11.9 Å². The Balaban J connectivity index is 2.35. The van der Waals surface area contributed by atoms with Crippen molar-refractivity contribution in [3.63, 3.8) is 0 Å². The molecule has 0 saturated heterocycles. The number of nitrogens with one attached hydrogen (secondary N) is 3. The average molecular weight is 240 g/mol. The molecule has 1 atom stereocenters. The first kappa shape index (κ1) is 13.8. The van der Waals surface area contributed by atoms with Crippen molar-refractivity contribution in [3.8, 4) is 0 Å². The number of nitrogens with zero attached hydrogens (tertiary/aromatic N) is 1. The molecule has 0 aliphatic heterocycles. The van der Waals surface area contributed by atoms with Crippen LogP contribution in [-0.2, 0) is 4.79 Å². The lowest BCUT2D eigenvalue weighted by atomic mass is 10.3. The lowest BCUT2D eigenvalue weighted by Crippen LogP contribution is -2.42. The van der Waals surface area contributed by atoms with E-state index in [0.29, 0.717) is 18.0 Å². The Bertz CT molecular complexity index is 274. The summed E-state index contributed by atoms with van der Waals surface area (Å²) in [6, 6.07) is 0.766. The van der Waals surface area contributed by atoms with E-state index in [1.807, 2.05) is 6.92 Å². The van der Waals surface area contributed by atoms with Gasteiger partial charge in [-0.3, -0.25) is 4.79 Å². The minimum absolute atomic E-state index is 0.00820. The molecule has 1 fully saturated rings. The molecule has 1 rings (SSSR count). The van der Waals surface area contributed by atoms with Crippen LogP contribution in [0, 0.1) is 0 Å². The highest BCUT2D eigenvalue weighted by Crippen LogP contribution is 2.18. The summed E-state index contributed by atoms with van der Waals surface area (Å²) in [6.45, 7) is 7.21. The minimum atomic E-state index is 0.00820. The van der Waals surface area contributed by atoms with Crippen molar-refractivity contribution in [2.45, 2.75) is 52.1 Å². The van der Waals surface area contributed by atoms with Crippen LogP contribution < -0.4 is 16.0 Å². The molecule has 0 radical (unpaired) electrons. The van der Waals surface area contributed by atoms with Crippen LogP contribution in [0.3, 0.4) is 0 Å².